The fourth-order valence-electron chi connectivity index (χ4n) is 1.98. The molecule has 2 N–H and O–H groups in total. The summed E-state index contributed by atoms with van der Waals surface area (Å²) in [5, 5.41) is 11.4. The number of halogens is 1. The highest BCUT2D eigenvalue weighted by atomic mass is 19.1. The molecule has 2 rings (SSSR count). The molecule has 19 heavy (non-hydrogen) atoms. The van der Waals surface area contributed by atoms with Gasteiger partial charge in [0.05, 0.1) is 5.56 Å². The van der Waals surface area contributed by atoms with Crippen LogP contribution in [0.1, 0.15) is 25.8 Å². The Labute approximate surface area is 111 Å². The van der Waals surface area contributed by atoms with E-state index in [0.29, 0.717) is 5.69 Å². The fraction of sp³-hybridized carbons (Fsp3) is 0.400. The maximum Gasteiger partial charge on any atom is 0.228 e. The Morgan fingerprint density at radius 1 is 1.58 bits per heavy atom. The third-order valence-electron chi connectivity index (χ3n) is 3.37. The SMILES string of the molecule is CC1(C)CC1C(=O)Nc1ccc(F)c(C#CCO)c1. The highest BCUT2D eigenvalue weighted by molar-refractivity contribution is 5.95. The number of amides is 1. The summed E-state index contributed by atoms with van der Waals surface area (Å²) in [7, 11) is 0. The van der Waals surface area contributed by atoms with E-state index in [9.17, 15) is 9.18 Å². The molecule has 1 saturated carbocycles. The van der Waals surface area contributed by atoms with Gasteiger partial charge in [-0.05, 0) is 30.0 Å². The Morgan fingerprint density at radius 2 is 2.26 bits per heavy atom. The first-order chi connectivity index (χ1) is 8.94. The first kappa shape index (κ1) is 13.6. The number of rotatable bonds is 2. The lowest BCUT2D eigenvalue weighted by Gasteiger charge is -2.07. The number of carbonyl (C=O) groups excluding carboxylic acids is 1. The van der Waals surface area contributed by atoms with Gasteiger partial charge >= 0.3 is 0 Å². The first-order valence-corrected chi connectivity index (χ1v) is 6.14. The van der Waals surface area contributed by atoms with Crippen molar-refractivity contribution in [3.05, 3.63) is 29.6 Å². The summed E-state index contributed by atoms with van der Waals surface area (Å²) < 4.78 is 13.4. The van der Waals surface area contributed by atoms with Crippen molar-refractivity contribution >= 4 is 11.6 Å². The average molecular weight is 261 g/mol. The summed E-state index contributed by atoms with van der Waals surface area (Å²) in [6.45, 7) is 3.76. The monoisotopic (exact) mass is 261 g/mol. The zero-order valence-corrected chi connectivity index (χ0v) is 11.0. The van der Waals surface area contributed by atoms with Gasteiger partial charge < -0.3 is 10.4 Å². The van der Waals surface area contributed by atoms with Gasteiger partial charge in [0.2, 0.25) is 5.91 Å². The van der Waals surface area contributed by atoms with E-state index in [1.807, 2.05) is 13.8 Å². The predicted molar refractivity (Wildman–Crippen MR) is 70.9 cm³/mol. The van der Waals surface area contributed by atoms with E-state index in [1.54, 1.807) is 0 Å². The van der Waals surface area contributed by atoms with Gasteiger partial charge in [0.15, 0.2) is 0 Å². The minimum Gasteiger partial charge on any atom is -0.384 e. The summed E-state index contributed by atoms with van der Waals surface area (Å²) in [4.78, 5) is 11.9. The summed E-state index contributed by atoms with van der Waals surface area (Å²) in [6, 6.07) is 4.24. The predicted octanol–water partition coefficient (Wildman–Crippen LogP) is 2.15. The molecule has 4 heteroatoms. The van der Waals surface area contributed by atoms with Crippen LogP contribution in [0.5, 0.6) is 0 Å². The van der Waals surface area contributed by atoms with Crippen LogP contribution in [-0.4, -0.2) is 17.6 Å². The molecular formula is C15H16FNO2. The van der Waals surface area contributed by atoms with Gasteiger partial charge in [0.1, 0.15) is 12.4 Å². The Morgan fingerprint density at radius 3 is 2.84 bits per heavy atom. The first-order valence-electron chi connectivity index (χ1n) is 6.14. The van der Waals surface area contributed by atoms with E-state index in [2.05, 4.69) is 17.2 Å². The van der Waals surface area contributed by atoms with Gasteiger partial charge in [-0.25, -0.2) is 4.39 Å². The average Bonchev–Trinajstić information content (AvgIpc) is 2.99. The van der Waals surface area contributed by atoms with Gasteiger partial charge in [-0.1, -0.05) is 25.7 Å². The van der Waals surface area contributed by atoms with Crippen molar-refractivity contribution in [2.75, 3.05) is 11.9 Å². The summed E-state index contributed by atoms with van der Waals surface area (Å²) in [5.41, 5.74) is 0.752. The fourth-order valence-corrected chi connectivity index (χ4v) is 1.98. The molecule has 0 radical (unpaired) electrons. The van der Waals surface area contributed by atoms with E-state index in [0.717, 1.165) is 6.42 Å². The highest BCUT2D eigenvalue weighted by Crippen LogP contribution is 2.51. The normalized spacial score (nSPS) is 19.3. The zero-order chi connectivity index (χ0) is 14.0. The standard InChI is InChI=1S/C15H16FNO2/c1-15(2)9-12(15)14(19)17-11-5-6-13(16)10(8-11)4-3-7-18/h5-6,8,12,18H,7,9H2,1-2H3,(H,17,19). The Hall–Kier alpha value is -1.86. The van der Waals surface area contributed by atoms with Crippen molar-refractivity contribution in [2.24, 2.45) is 11.3 Å². The van der Waals surface area contributed by atoms with Crippen molar-refractivity contribution in [3.8, 4) is 11.8 Å². The molecule has 1 aliphatic rings. The van der Waals surface area contributed by atoms with E-state index in [4.69, 9.17) is 5.11 Å². The lowest BCUT2D eigenvalue weighted by atomic mass is 10.1. The van der Waals surface area contributed by atoms with Crippen LogP contribution in [0.3, 0.4) is 0 Å². The number of aliphatic hydroxyl groups is 1. The summed E-state index contributed by atoms with van der Waals surface area (Å²) in [6.07, 6.45) is 0.872. The van der Waals surface area contributed by atoms with Crippen LogP contribution in [0.15, 0.2) is 18.2 Å². The van der Waals surface area contributed by atoms with Crippen molar-refractivity contribution < 1.29 is 14.3 Å². The molecule has 0 spiro atoms. The minimum atomic E-state index is -0.467. The minimum absolute atomic E-state index is 0.0181. The maximum atomic E-state index is 13.4. The molecule has 0 heterocycles. The van der Waals surface area contributed by atoms with Crippen LogP contribution in [0.2, 0.25) is 0 Å². The van der Waals surface area contributed by atoms with Crippen LogP contribution >= 0.6 is 0 Å². The Bertz CT molecular complexity index is 569. The molecule has 0 bridgehead atoms. The van der Waals surface area contributed by atoms with Gasteiger partial charge in [0.25, 0.3) is 0 Å². The van der Waals surface area contributed by atoms with Gasteiger partial charge in [-0.3, -0.25) is 4.79 Å². The second kappa shape index (κ2) is 5.02. The van der Waals surface area contributed by atoms with E-state index >= 15 is 0 Å². The molecule has 1 fully saturated rings. The van der Waals surface area contributed by atoms with Crippen LogP contribution in [-0.2, 0) is 4.79 Å². The highest BCUT2D eigenvalue weighted by Gasteiger charge is 2.50. The van der Waals surface area contributed by atoms with Gasteiger partial charge in [0, 0.05) is 11.6 Å². The number of carbonyl (C=O) groups is 1. The second-order valence-corrected chi connectivity index (χ2v) is 5.39. The number of aliphatic hydroxyl groups excluding tert-OH is 1. The van der Waals surface area contributed by atoms with Gasteiger partial charge in [-0.15, -0.1) is 0 Å². The molecule has 0 aromatic heterocycles. The van der Waals surface area contributed by atoms with Crippen LogP contribution in [0, 0.1) is 29.0 Å². The lowest BCUT2D eigenvalue weighted by molar-refractivity contribution is -0.118. The maximum absolute atomic E-state index is 13.4. The summed E-state index contributed by atoms with van der Waals surface area (Å²) >= 11 is 0. The molecule has 0 saturated heterocycles. The van der Waals surface area contributed by atoms with Crippen molar-refractivity contribution in [1.29, 1.82) is 0 Å². The Balaban J connectivity index is 2.11. The lowest BCUT2D eigenvalue weighted by Crippen LogP contribution is -2.16. The summed E-state index contributed by atoms with van der Waals surface area (Å²) in [5.74, 6) is 4.41. The van der Waals surface area contributed by atoms with Crippen LogP contribution in [0.4, 0.5) is 10.1 Å². The Kier molecular flexibility index (Phi) is 3.59. The van der Waals surface area contributed by atoms with Gasteiger partial charge in [-0.2, -0.15) is 0 Å². The zero-order valence-electron chi connectivity index (χ0n) is 11.0. The third kappa shape index (κ3) is 3.12. The van der Waals surface area contributed by atoms with Crippen LogP contribution < -0.4 is 5.32 Å². The van der Waals surface area contributed by atoms with Crippen molar-refractivity contribution in [1.82, 2.24) is 0 Å². The number of nitrogens with one attached hydrogen (secondary N) is 1. The molecule has 1 aromatic carbocycles. The molecule has 1 amide bonds. The second-order valence-electron chi connectivity index (χ2n) is 5.39. The number of anilines is 1. The van der Waals surface area contributed by atoms with E-state index in [1.165, 1.54) is 18.2 Å². The number of hydrogen-bond acceptors (Lipinski definition) is 2. The smallest absolute Gasteiger partial charge is 0.228 e. The van der Waals surface area contributed by atoms with Crippen molar-refractivity contribution in [2.45, 2.75) is 20.3 Å². The van der Waals surface area contributed by atoms with E-state index < -0.39 is 5.82 Å². The molecule has 0 aliphatic heterocycles. The molecule has 1 unspecified atom stereocenters. The third-order valence-corrected chi connectivity index (χ3v) is 3.37. The molecular weight excluding hydrogens is 245 g/mol. The molecule has 1 atom stereocenters. The quantitative estimate of drug-likeness (QED) is 0.801. The number of hydrogen-bond donors (Lipinski definition) is 2. The molecule has 1 aromatic rings. The number of benzene rings is 1. The van der Waals surface area contributed by atoms with Crippen LogP contribution in [0.25, 0.3) is 0 Å². The molecule has 3 nitrogen and oxygen atoms in total. The van der Waals surface area contributed by atoms with E-state index in [-0.39, 0.29) is 29.4 Å². The molecule has 100 valence electrons. The largest absolute Gasteiger partial charge is 0.384 e. The molecule has 1 aliphatic carbocycles. The van der Waals surface area contributed by atoms with Crippen molar-refractivity contribution in [3.63, 3.8) is 0 Å². The topological polar surface area (TPSA) is 49.3 Å².